The Balaban J connectivity index is 2.34. The van der Waals surface area contributed by atoms with Crippen molar-refractivity contribution in [2.45, 2.75) is 19.4 Å². The Morgan fingerprint density at radius 2 is 2.11 bits per heavy atom. The van der Waals surface area contributed by atoms with Gasteiger partial charge in [-0.1, -0.05) is 0 Å². The van der Waals surface area contributed by atoms with Crippen molar-refractivity contribution in [2.75, 3.05) is 13.2 Å². The molecular weight excluding hydrogens is 250 g/mol. The lowest BCUT2D eigenvalue weighted by Gasteiger charge is -2.26. The van der Waals surface area contributed by atoms with Gasteiger partial charge in [-0.25, -0.2) is 9.50 Å². The largest absolute Gasteiger partial charge is 0.394 e. The van der Waals surface area contributed by atoms with Gasteiger partial charge < -0.3 is 15.5 Å². The van der Waals surface area contributed by atoms with E-state index in [1.807, 2.05) is 0 Å². The molecule has 0 aliphatic rings. The summed E-state index contributed by atoms with van der Waals surface area (Å²) in [6.07, 6.45) is 2.74. The summed E-state index contributed by atoms with van der Waals surface area (Å²) in [6, 6.07) is 0. The number of carbonyl (C=O) groups excluding carboxylic acids is 1. The minimum Gasteiger partial charge on any atom is -0.394 e. The van der Waals surface area contributed by atoms with Gasteiger partial charge in [-0.2, -0.15) is 10.1 Å². The molecule has 0 atom stereocenters. The van der Waals surface area contributed by atoms with E-state index in [1.54, 1.807) is 13.8 Å². The van der Waals surface area contributed by atoms with E-state index in [0.717, 1.165) is 0 Å². The van der Waals surface area contributed by atoms with Crippen LogP contribution in [0.4, 0.5) is 0 Å². The molecule has 2 rings (SSSR count). The van der Waals surface area contributed by atoms with Gasteiger partial charge in [-0.3, -0.25) is 4.79 Å². The van der Waals surface area contributed by atoms with Gasteiger partial charge in [-0.05, 0) is 13.8 Å². The monoisotopic (exact) mass is 265 g/mol. The Morgan fingerprint density at radius 1 is 1.42 bits per heavy atom. The number of aliphatic hydroxyl groups excluding tert-OH is 2. The molecule has 0 unspecified atom stereocenters. The van der Waals surface area contributed by atoms with Crippen LogP contribution in [0.2, 0.25) is 0 Å². The number of carbonyl (C=O) groups is 1. The average molecular weight is 265 g/mol. The molecule has 1 amide bonds. The molecule has 0 spiro atoms. The number of nitrogens with zero attached hydrogens (tertiary/aromatic N) is 4. The highest BCUT2D eigenvalue weighted by atomic mass is 16.3. The van der Waals surface area contributed by atoms with Gasteiger partial charge in [0.15, 0.2) is 0 Å². The van der Waals surface area contributed by atoms with Crippen LogP contribution >= 0.6 is 0 Å². The number of hydrogen-bond donors (Lipinski definition) is 3. The van der Waals surface area contributed by atoms with Gasteiger partial charge in [0, 0.05) is 6.20 Å². The Morgan fingerprint density at radius 3 is 2.74 bits per heavy atom. The molecule has 2 heterocycles. The van der Waals surface area contributed by atoms with E-state index in [9.17, 15) is 15.0 Å². The minimum absolute atomic E-state index is 0.311. The highest BCUT2D eigenvalue weighted by molar-refractivity contribution is 5.95. The van der Waals surface area contributed by atoms with Crippen LogP contribution in [0.1, 0.15) is 23.0 Å². The first kappa shape index (κ1) is 13.4. The molecule has 3 N–H and O–H groups in total. The van der Waals surface area contributed by atoms with Gasteiger partial charge in [0.2, 0.25) is 0 Å². The number of nitrogens with one attached hydrogen (secondary N) is 1. The molecular formula is C11H15N5O3. The summed E-state index contributed by atoms with van der Waals surface area (Å²) in [4.78, 5) is 20.1. The van der Waals surface area contributed by atoms with E-state index in [0.29, 0.717) is 17.0 Å². The number of hydrogen-bond acceptors (Lipinski definition) is 6. The summed E-state index contributed by atoms with van der Waals surface area (Å²) in [7, 11) is 0. The quantitative estimate of drug-likeness (QED) is 0.647. The normalized spacial score (nSPS) is 11.8. The van der Waals surface area contributed by atoms with E-state index < -0.39 is 11.4 Å². The number of aliphatic hydroxyl groups is 2. The zero-order valence-electron chi connectivity index (χ0n) is 10.7. The molecule has 0 aliphatic heterocycles. The van der Waals surface area contributed by atoms with Crippen molar-refractivity contribution in [3.05, 3.63) is 23.8 Å². The van der Waals surface area contributed by atoms with Gasteiger partial charge >= 0.3 is 0 Å². The second kappa shape index (κ2) is 4.90. The van der Waals surface area contributed by atoms with E-state index in [1.165, 1.54) is 17.0 Å². The number of aromatic nitrogens is 4. The molecule has 8 nitrogen and oxygen atoms in total. The van der Waals surface area contributed by atoms with Gasteiger partial charge in [0.05, 0.1) is 30.0 Å². The lowest BCUT2D eigenvalue weighted by molar-refractivity contribution is 0.0722. The van der Waals surface area contributed by atoms with Gasteiger partial charge in [0.1, 0.15) is 6.33 Å². The van der Waals surface area contributed by atoms with Crippen molar-refractivity contribution in [1.29, 1.82) is 0 Å². The number of aryl methyl sites for hydroxylation is 1. The van der Waals surface area contributed by atoms with E-state index in [4.69, 9.17) is 0 Å². The molecule has 0 saturated carbocycles. The lowest BCUT2D eigenvalue weighted by Crippen LogP contribution is -2.52. The van der Waals surface area contributed by atoms with Crippen molar-refractivity contribution in [1.82, 2.24) is 24.9 Å². The standard InChI is InChI=1S/C11H15N5O3/c1-7-8(3-12-10-13-6-14-16(7)10)9(19)15-11(2,4-17)5-18/h3,6,17-18H,4-5H2,1-2H3,(H,15,19). The lowest BCUT2D eigenvalue weighted by atomic mass is 10.0. The Hall–Kier alpha value is -2.06. The molecule has 2 aromatic heterocycles. The molecule has 2 aromatic rings. The zero-order valence-corrected chi connectivity index (χ0v) is 10.7. The maximum atomic E-state index is 12.1. The fourth-order valence-corrected chi connectivity index (χ4v) is 1.58. The SMILES string of the molecule is Cc1c(C(=O)NC(C)(CO)CO)cnc2ncnn12. The molecule has 0 radical (unpaired) electrons. The predicted molar refractivity (Wildman–Crippen MR) is 65.6 cm³/mol. The summed E-state index contributed by atoms with van der Waals surface area (Å²) in [5.41, 5.74) is -0.190. The van der Waals surface area contributed by atoms with Crippen LogP contribution in [0.25, 0.3) is 5.78 Å². The molecule has 0 saturated heterocycles. The molecule has 19 heavy (non-hydrogen) atoms. The Bertz CT molecular complexity index is 605. The third-order valence-corrected chi connectivity index (χ3v) is 2.90. The van der Waals surface area contributed by atoms with Crippen molar-refractivity contribution >= 4 is 11.7 Å². The van der Waals surface area contributed by atoms with Crippen molar-refractivity contribution in [2.24, 2.45) is 0 Å². The van der Waals surface area contributed by atoms with Gasteiger partial charge in [-0.15, -0.1) is 0 Å². The van der Waals surface area contributed by atoms with Crippen LogP contribution < -0.4 is 5.32 Å². The fraction of sp³-hybridized carbons (Fsp3) is 0.455. The first-order valence-electron chi connectivity index (χ1n) is 5.70. The predicted octanol–water partition coefficient (Wildman–Crippen LogP) is -1.09. The minimum atomic E-state index is -1.08. The Kier molecular flexibility index (Phi) is 3.45. The number of amides is 1. The maximum Gasteiger partial charge on any atom is 0.255 e. The third-order valence-electron chi connectivity index (χ3n) is 2.90. The summed E-state index contributed by atoms with van der Waals surface area (Å²) in [5, 5.41) is 24.9. The van der Waals surface area contributed by atoms with Crippen LogP contribution in [0.5, 0.6) is 0 Å². The highest BCUT2D eigenvalue weighted by Gasteiger charge is 2.26. The zero-order chi connectivity index (χ0) is 14.0. The topological polar surface area (TPSA) is 113 Å². The smallest absolute Gasteiger partial charge is 0.255 e. The number of fused-ring (bicyclic) bond motifs is 1. The van der Waals surface area contributed by atoms with Crippen LogP contribution in [0.3, 0.4) is 0 Å². The van der Waals surface area contributed by atoms with Crippen LogP contribution in [0, 0.1) is 6.92 Å². The summed E-state index contributed by atoms with van der Waals surface area (Å²) in [6.45, 7) is 2.52. The molecule has 102 valence electrons. The van der Waals surface area contributed by atoms with Crippen LogP contribution in [-0.2, 0) is 0 Å². The molecule has 0 bridgehead atoms. The van der Waals surface area contributed by atoms with E-state index in [-0.39, 0.29) is 13.2 Å². The van der Waals surface area contributed by atoms with Crippen LogP contribution in [0.15, 0.2) is 12.5 Å². The van der Waals surface area contributed by atoms with E-state index >= 15 is 0 Å². The first-order valence-corrected chi connectivity index (χ1v) is 5.70. The van der Waals surface area contributed by atoms with Crippen molar-refractivity contribution in [3.8, 4) is 0 Å². The molecule has 0 fully saturated rings. The summed E-state index contributed by atoms with van der Waals surface area (Å²) in [5.74, 6) is -0.0332. The highest BCUT2D eigenvalue weighted by Crippen LogP contribution is 2.10. The third kappa shape index (κ3) is 2.40. The van der Waals surface area contributed by atoms with Crippen molar-refractivity contribution < 1.29 is 15.0 Å². The Labute approximate surface area is 109 Å². The first-order chi connectivity index (χ1) is 9.00. The molecule has 8 heteroatoms. The molecule has 0 aromatic carbocycles. The van der Waals surface area contributed by atoms with Crippen LogP contribution in [-0.4, -0.2) is 54.5 Å². The fourth-order valence-electron chi connectivity index (χ4n) is 1.58. The summed E-state index contributed by atoms with van der Waals surface area (Å²) < 4.78 is 1.45. The second-order valence-electron chi connectivity index (χ2n) is 4.56. The number of rotatable bonds is 4. The second-order valence-corrected chi connectivity index (χ2v) is 4.56. The van der Waals surface area contributed by atoms with E-state index in [2.05, 4.69) is 20.4 Å². The summed E-state index contributed by atoms with van der Waals surface area (Å²) >= 11 is 0. The van der Waals surface area contributed by atoms with Crippen molar-refractivity contribution in [3.63, 3.8) is 0 Å². The average Bonchev–Trinajstić information content (AvgIpc) is 2.88. The van der Waals surface area contributed by atoms with Gasteiger partial charge in [0.25, 0.3) is 11.7 Å². The molecule has 0 aliphatic carbocycles. The maximum absolute atomic E-state index is 12.1.